The summed E-state index contributed by atoms with van der Waals surface area (Å²) in [5.41, 5.74) is 3.13. The van der Waals surface area contributed by atoms with Gasteiger partial charge in [0.05, 0.1) is 19.1 Å². The highest BCUT2D eigenvalue weighted by atomic mass is 16.5. The van der Waals surface area contributed by atoms with Crippen molar-refractivity contribution in [3.8, 4) is 5.75 Å². The van der Waals surface area contributed by atoms with Gasteiger partial charge in [0.15, 0.2) is 0 Å². The number of ether oxygens (including phenoxy) is 1. The molecule has 1 aromatic rings. The lowest BCUT2D eigenvalue weighted by molar-refractivity contribution is -0.134. The summed E-state index contributed by atoms with van der Waals surface area (Å²) >= 11 is 0. The normalized spacial score (nSPS) is 18.3. The molecule has 1 atom stereocenters. The first-order chi connectivity index (χ1) is 11.1. The van der Waals surface area contributed by atoms with Crippen molar-refractivity contribution in [3.63, 3.8) is 0 Å². The van der Waals surface area contributed by atoms with Crippen LogP contribution in [0.4, 0.5) is 0 Å². The number of rotatable bonds is 7. The molecule has 1 saturated heterocycles. The van der Waals surface area contributed by atoms with E-state index >= 15 is 0 Å². The van der Waals surface area contributed by atoms with Crippen molar-refractivity contribution < 1.29 is 14.3 Å². The minimum absolute atomic E-state index is 0.0500. The third kappa shape index (κ3) is 4.94. The van der Waals surface area contributed by atoms with Crippen molar-refractivity contribution in [3.05, 3.63) is 29.8 Å². The first kappa shape index (κ1) is 17.2. The van der Waals surface area contributed by atoms with Gasteiger partial charge in [-0.15, -0.1) is 0 Å². The van der Waals surface area contributed by atoms with E-state index in [-0.39, 0.29) is 18.2 Å². The van der Waals surface area contributed by atoms with E-state index in [0.717, 1.165) is 17.7 Å². The zero-order valence-corrected chi connectivity index (χ0v) is 13.4. The number of hydrogen-bond donors (Lipinski definition) is 3. The Morgan fingerprint density at radius 1 is 1.52 bits per heavy atom. The van der Waals surface area contributed by atoms with Crippen molar-refractivity contribution in [2.24, 2.45) is 5.84 Å². The number of piperazine rings is 1. The highest BCUT2D eigenvalue weighted by Crippen LogP contribution is 2.18. The molecule has 0 saturated carbocycles. The van der Waals surface area contributed by atoms with Gasteiger partial charge in [0.25, 0.3) is 0 Å². The van der Waals surface area contributed by atoms with E-state index < -0.39 is 6.04 Å². The second-order valence-corrected chi connectivity index (χ2v) is 5.54. The number of carbonyl (C=O) groups excluding carboxylic acids is 2. The van der Waals surface area contributed by atoms with Crippen LogP contribution in [0.2, 0.25) is 0 Å². The molecular weight excluding hydrogens is 296 g/mol. The molecule has 0 bridgehead atoms. The fourth-order valence-electron chi connectivity index (χ4n) is 2.60. The molecule has 0 aromatic heterocycles. The molecule has 126 valence electrons. The van der Waals surface area contributed by atoms with E-state index in [1.165, 1.54) is 0 Å². The Morgan fingerprint density at radius 3 is 3.09 bits per heavy atom. The number of nitrogens with two attached hydrogens (primary N) is 1. The molecule has 7 heteroatoms. The maximum absolute atomic E-state index is 12.1. The second-order valence-electron chi connectivity index (χ2n) is 5.54. The first-order valence-corrected chi connectivity index (χ1v) is 7.87. The highest BCUT2D eigenvalue weighted by Gasteiger charge is 2.31. The van der Waals surface area contributed by atoms with Crippen LogP contribution in [0.15, 0.2) is 24.3 Å². The minimum atomic E-state index is -0.507. The molecule has 1 unspecified atom stereocenters. The van der Waals surface area contributed by atoms with Gasteiger partial charge in [-0.2, -0.15) is 0 Å². The zero-order valence-electron chi connectivity index (χ0n) is 13.4. The van der Waals surface area contributed by atoms with E-state index in [9.17, 15) is 9.59 Å². The van der Waals surface area contributed by atoms with Crippen molar-refractivity contribution in [1.29, 1.82) is 0 Å². The number of nitrogens with zero attached hydrogens (tertiary/aromatic N) is 1. The molecule has 1 heterocycles. The largest absolute Gasteiger partial charge is 0.494 e. The molecule has 0 aliphatic carbocycles. The Hall–Kier alpha value is -2.12. The standard InChI is InChI=1S/C16H24N4O3/c1-2-8-23-13-5-3-4-12(9-13)11-20-7-6-18-16(22)14(20)10-15(21)19-17/h3-5,9,14H,2,6-8,10-11,17H2,1H3,(H,18,22)(H,19,21). The monoisotopic (exact) mass is 320 g/mol. The fourth-order valence-corrected chi connectivity index (χ4v) is 2.60. The van der Waals surface area contributed by atoms with Gasteiger partial charge < -0.3 is 10.1 Å². The average Bonchev–Trinajstić information content (AvgIpc) is 2.56. The van der Waals surface area contributed by atoms with Crippen LogP contribution in [0, 0.1) is 0 Å². The Morgan fingerprint density at radius 2 is 2.35 bits per heavy atom. The second kappa shape index (κ2) is 8.50. The molecular formula is C16H24N4O3. The summed E-state index contributed by atoms with van der Waals surface area (Å²) in [6, 6.07) is 7.31. The number of hydrazine groups is 1. The number of benzene rings is 1. The summed E-state index contributed by atoms with van der Waals surface area (Å²) in [6.45, 7) is 4.58. The number of carbonyl (C=O) groups is 2. The smallest absolute Gasteiger partial charge is 0.237 e. The van der Waals surface area contributed by atoms with E-state index in [4.69, 9.17) is 10.6 Å². The van der Waals surface area contributed by atoms with Gasteiger partial charge in [0.1, 0.15) is 5.75 Å². The third-order valence-corrected chi connectivity index (χ3v) is 3.74. The number of hydrogen-bond acceptors (Lipinski definition) is 5. The number of nitrogens with one attached hydrogen (secondary N) is 2. The van der Waals surface area contributed by atoms with Gasteiger partial charge in [-0.05, 0) is 24.1 Å². The van der Waals surface area contributed by atoms with Crippen LogP contribution in [-0.2, 0) is 16.1 Å². The summed E-state index contributed by atoms with van der Waals surface area (Å²) in [5, 5.41) is 2.79. The molecule has 1 aliphatic rings. The van der Waals surface area contributed by atoms with Crippen LogP contribution in [0.25, 0.3) is 0 Å². The molecule has 23 heavy (non-hydrogen) atoms. The molecule has 4 N–H and O–H groups in total. The SMILES string of the molecule is CCCOc1cccc(CN2CCNC(=O)C2CC(=O)NN)c1. The van der Waals surface area contributed by atoms with Crippen molar-refractivity contribution >= 4 is 11.8 Å². The van der Waals surface area contributed by atoms with Crippen molar-refractivity contribution in [2.45, 2.75) is 32.4 Å². The Labute approximate surface area is 136 Å². The molecule has 1 fully saturated rings. The third-order valence-electron chi connectivity index (χ3n) is 3.74. The fraction of sp³-hybridized carbons (Fsp3) is 0.500. The van der Waals surface area contributed by atoms with Crippen LogP contribution in [0.1, 0.15) is 25.3 Å². The molecule has 7 nitrogen and oxygen atoms in total. The molecule has 2 amide bonds. The van der Waals surface area contributed by atoms with Crippen LogP contribution < -0.4 is 21.3 Å². The van der Waals surface area contributed by atoms with Crippen LogP contribution >= 0.6 is 0 Å². The minimum Gasteiger partial charge on any atom is -0.494 e. The maximum atomic E-state index is 12.1. The number of amides is 2. The van der Waals surface area contributed by atoms with Crippen molar-refractivity contribution in [1.82, 2.24) is 15.6 Å². The lowest BCUT2D eigenvalue weighted by Gasteiger charge is -2.34. The van der Waals surface area contributed by atoms with Gasteiger partial charge in [0, 0.05) is 19.6 Å². The highest BCUT2D eigenvalue weighted by molar-refractivity contribution is 5.88. The van der Waals surface area contributed by atoms with Gasteiger partial charge in [0.2, 0.25) is 11.8 Å². The zero-order chi connectivity index (χ0) is 16.7. The van der Waals surface area contributed by atoms with Gasteiger partial charge in [-0.1, -0.05) is 19.1 Å². The summed E-state index contributed by atoms with van der Waals surface area (Å²) in [5.74, 6) is 5.46. The summed E-state index contributed by atoms with van der Waals surface area (Å²) in [7, 11) is 0. The van der Waals surface area contributed by atoms with E-state index in [0.29, 0.717) is 26.2 Å². The summed E-state index contributed by atoms with van der Waals surface area (Å²) in [4.78, 5) is 25.6. The van der Waals surface area contributed by atoms with Crippen LogP contribution in [0.5, 0.6) is 5.75 Å². The Kier molecular flexibility index (Phi) is 6.37. The lowest BCUT2D eigenvalue weighted by atomic mass is 10.1. The lowest BCUT2D eigenvalue weighted by Crippen LogP contribution is -2.56. The van der Waals surface area contributed by atoms with E-state index in [1.807, 2.05) is 29.2 Å². The van der Waals surface area contributed by atoms with E-state index in [1.54, 1.807) is 0 Å². The topological polar surface area (TPSA) is 96.7 Å². The maximum Gasteiger partial charge on any atom is 0.237 e. The predicted molar refractivity (Wildman–Crippen MR) is 86.4 cm³/mol. The average molecular weight is 320 g/mol. The van der Waals surface area contributed by atoms with Gasteiger partial charge >= 0.3 is 0 Å². The first-order valence-electron chi connectivity index (χ1n) is 7.87. The molecule has 0 radical (unpaired) electrons. The Balaban J connectivity index is 2.06. The molecule has 1 aromatic carbocycles. The Bertz CT molecular complexity index is 550. The summed E-state index contributed by atoms with van der Waals surface area (Å²) < 4.78 is 5.64. The molecule has 2 rings (SSSR count). The van der Waals surface area contributed by atoms with Crippen molar-refractivity contribution in [2.75, 3.05) is 19.7 Å². The molecule has 0 spiro atoms. The molecule has 1 aliphatic heterocycles. The summed E-state index contributed by atoms with van der Waals surface area (Å²) in [6.07, 6.45) is 1.00. The van der Waals surface area contributed by atoms with Crippen LogP contribution in [-0.4, -0.2) is 42.5 Å². The van der Waals surface area contributed by atoms with E-state index in [2.05, 4.69) is 17.7 Å². The van der Waals surface area contributed by atoms with Gasteiger partial charge in [-0.3, -0.25) is 19.9 Å². The van der Waals surface area contributed by atoms with Gasteiger partial charge in [-0.25, -0.2) is 5.84 Å². The quantitative estimate of drug-likeness (QED) is 0.378. The van der Waals surface area contributed by atoms with Crippen LogP contribution in [0.3, 0.4) is 0 Å². The predicted octanol–water partition coefficient (Wildman–Crippen LogP) is 0.156.